The third-order valence-electron chi connectivity index (χ3n) is 11.6. The average molecular weight is 758 g/mol. The van der Waals surface area contributed by atoms with Crippen LogP contribution < -0.4 is 0 Å². The van der Waals surface area contributed by atoms with Gasteiger partial charge in [0, 0.05) is 48.7 Å². The number of hydrogen-bond donors (Lipinski definition) is 0. The highest BCUT2D eigenvalue weighted by Gasteiger charge is 2.37. The number of aromatic nitrogens is 2. The van der Waals surface area contributed by atoms with Crippen molar-refractivity contribution >= 4 is 87.5 Å². The van der Waals surface area contributed by atoms with Crippen LogP contribution in [-0.2, 0) is 6.18 Å². The summed E-state index contributed by atoms with van der Waals surface area (Å²) in [5, 5.41) is 16.8. The van der Waals surface area contributed by atoms with Crippen LogP contribution in [0.5, 0.6) is 0 Å². The molecule has 0 N–H and O–H groups in total. The minimum Gasteiger partial charge on any atom is -0.454 e. The van der Waals surface area contributed by atoms with E-state index in [0.717, 1.165) is 43.1 Å². The molecule has 0 unspecified atom stereocenters. The maximum absolute atomic E-state index is 16.1. The van der Waals surface area contributed by atoms with Gasteiger partial charge in [-0.3, -0.25) is 0 Å². The highest BCUT2D eigenvalue weighted by molar-refractivity contribution is 6.23. The molecule has 0 radical (unpaired) electrons. The number of hydrogen-bond acceptors (Lipinski definition) is 3. The molecule has 58 heavy (non-hydrogen) atoms. The first-order chi connectivity index (χ1) is 28.4. The lowest BCUT2D eigenvalue weighted by molar-refractivity contribution is -0.137. The van der Waals surface area contributed by atoms with Gasteiger partial charge < -0.3 is 18.0 Å². The molecule has 8 aromatic carbocycles. The topological polar surface area (TPSA) is 59.9 Å². The smallest absolute Gasteiger partial charge is 0.418 e. The molecule has 12 rings (SSSR count). The Morgan fingerprint density at radius 2 is 0.966 bits per heavy atom. The zero-order valence-corrected chi connectivity index (χ0v) is 30.3. The van der Waals surface area contributed by atoms with E-state index in [9.17, 15) is 5.26 Å². The number of para-hydroxylation sites is 4. The first-order valence-electron chi connectivity index (χ1n) is 18.8. The Morgan fingerprint density at radius 1 is 0.466 bits per heavy atom. The molecule has 274 valence electrons. The molecular formula is C50H26F3N3O2. The number of nitrogens with zero attached hydrogens (tertiary/aromatic N) is 3. The van der Waals surface area contributed by atoms with E-state index >= 15 is 13.2 Å². The van der Waals surface area contributed by atoms with Crippen LogP contribution in [0.15, 0.2) is 167 Å². The minimum absolute atomic E-state index is 0.0672. The Labute approximate surface area is 326 Å². The summed E-state index contributed by atoms with van der Waals surface area (Å²) >= 11 is 0. The van der Waals surface area contributed by atoms with E-state index in [1.165, 1.54) is 6.07 Å². The van der Waals surface area contributed by atoms with Gasteiger partial charge in [0.05, 0.1) is 50.6 Å². The monoisotopic (exact) mass is 757 g/mol. The quantitative estimate of drug-likeness (QED) is 0.180. The summed E-state index contributed by atoms with van der Waals surface area (Å²) in [6.07, 6.45) is -4.80. The Bertz CT molecular complexity index is 3760. The highest BCUT2D eigenvalue weighted by Crippen LogP contribution is 2.48. The number of fused-ring (bicyclic) bond motifs is 14. The van der Waals surface area contributed by atoms with E-state index in [1.807, 2.05) is 132 Å². The van der Waals surface area contributed by atoms with E-state index in [-0.39, 0.29) is 5.69 Å². The molecule has 12 aromatic rings. The maximum Gasteiger partial charge on any atom is 0.418 e. The molecule has 0 fully saturated rings. The Hall–Kier alpha value is -7.76. The number of nitriles is 1. The Morgan fingerprint density at radius 3 is 1.52 bits per heavy atom. The summed E-state index contributed by atoms with van der Waals surface area (Å²) in [6.45, 7) is 0. The van der Waals surface area contributed by atoms with Crippen LogP contribution >= 0.6 is 0 Å². The second-order valence-corrected chi connectivity index (χ2v) is 14.7. The van der Waals surface area contributed by atoms with Crippen molar-refractivity contribution in [1.82, 2.24) is 9.13 Å². The first kappa shape index (κ1) is 32.5. The lowest BCUT2D eigenvalue weighted by Crippen LogP contribution is -2.13. The highest BCUT2D eigenvalue weighted by atomic mass is 19.4. The predicted molar refractivity (Wildman–Crippen MR) is 225 cm³/mol. The molecule has 0 spiro atoms. The fourth-order valence-electron chi connectivity index (χ4n) is 9.12. The third kappa shape index (κ3) is 4.41. The molecule has 0 saturated carbocycles. The van der Waals surface area contributed by atoms with E-state index in [2.05, 4.69) is 6.07 Å². The van der Waals surface area contributed by atoms with Crippen LogP contribution in [-0.4, -0.2) is 9.13 Å². The second-order valence-electron chi connectivity index (χ2n) is 14.7. The van der Waals surface area contributed by atoms with Gasteiger partial charge in [-0.05, 0) is 66.2 Å². The van der Waals surface area contributed by atoms with Gasteiger partial charge in [0.25, 0.3) is 0 Å². The molecular weight excluding hydrogens is 732 g/mol. The molecule has 4 aromatic heterocycles. The zero-order chi connectivity index (χ0) is 38.9. The predicted octanol–water partition coefficient (Wildman–Crippen LogP) is 14.2. The van der Waals surface area contributed by atoms with Crippen molar-refractivity contribution in [2.45, 2.75) is 6.18 Å². The van der Waals surface area contributed by atoms with Crippen LogP contribution in [0.25, 0.3) is 110 Å². The van der Waals surface area contributed by atoms with Crippen LogP contribution in [0.3, 0.4) is 0 Å². The van der Waals surface area contributed by atoms with Gasteiger partial charge in [-0.2, -0.15) is 18.4 Å². The summed E-state index contributed by atoms with van der Waals surface area (Å²) in [5.41, 5.74) is 5.74. The summed E-state index contributed by atoms with van der Waals surface area (Å²) in [7, 11) is 0. The van der Waals surface area contributed by atoms with Gasteiger partial charge in [0.1, 0.15) is 11.2 Å². The van der Waals surface area contributed by atoms with Gasteiger partial charge in [0.15, 0.2) is 11.2 Å². The molecule has 8 heteroatoms. The van der Waals surface area contributed by atoms with Crippen LogP contribution in [0.2, 0.25) is 0 Å². The van der Waals surface area contributed by atoms with Crippen molar-refractivity contribution in [3.63, 3.8) is 0 Å². The minimum atomic E-state index is -4.80. The zero-order valence-electron chi connectivity index (χ0n) is 30.3. The summed E-state index contributed by atoms with van der Waals surface area (Å²) < 4.78 is 65.0. The van der Waals surface area contributed by atoms with Gasteiger partial charge in [-0.25, -0.2) is 0 Å². The molecule has 0 aliphatic rings. The normalized spacial score (nSPS) is 12.4. The standard InChI is InChI=1S/C50H26F3N3O2/c51-50(52,53)39-26-42(55-40-16-5-1-12-30(40)34-20-22-36-32-14-3-7-18-44(32)57-48(36)46(34)55)38(29-11-9-10-28(24-29)27-54)25-43(39)56-41-17-6-2-13-31(41)35-21-23-37-33-15-4-8-19-45(33)58-49(37)47(35)56/h1-26H. The number of rotatable bonds is 3. The second kappa shape index (κ2) is 11.6. The summed E-state index contributed by atoms with van der Waals surface area (Å²) in [6, 6.07) is 50.7. The fourth-order valence-corrected chi connectivity index (χ4v) is 9.12. The Kier molecular flexibility index (Phi) is 6.52. The SMILES string of the molecule is N#Cc1cccc(-c2cc(-n3c4ccccc4c4ccc5c6ccccc6oc5c43)c(C(F)(F)F)cc2-n2c3ccccc3c3ccc4c5ccccc5oc4c32)c1. The van der Waals surface area contributed by atoms with Crippen molar-refractivity contribution in [2.24, 2.45) is 0 Å². The summed E-state index contributed by atoms with van der Waals surface area (Å²) in [5.74, 6) is 0. The Balaban J connectivity index is 1.29. The van der Waals surface area contributed by atoms with Crippen molar-refractivity contribution in [2.75, 3.05) is 0 Å². The number of halogens is 3. The molecule has 0 amide bonds. The van der Waals surface area contributed by atoms with E-state index in [4.69, 9.17) is 8.83 Å². The molecule has 0 aliphatic carbocycles. The van der Waals surface area contributed by atoms with Crippen molar-refractivity contribution in [3.05, 3.63) is 169 Å². The molecule has 0 aliphatic heterocycles. The molecule has 4 heterocycles. The lowest BCUT2D eigenvalue weighted by Gasteiger charge is -2.22. The van der Waals surface area contributed by atoms with Crippen LogP contribution in [0.4, 0.5) is 13.2 Å². The molecule has 0 bridgehead atoms. The molecule has 0 atom stereocenters. The van der Waals surface area contributed by atoms with Crippen LogP contribution in [0, 0.1) is 11.3 Å². The van der Waals surface area contributed by atoms with Gasteiger partial charge in [-0.1, -0.05) is 97.1 Å². The molecule has 0 saturated heterocycles. The van der Waals surface area contributed by atoms with Gasteiger partial charge >= 0.3 is 6.18 Å². The average Bonchev–Trinajstić information content (AvgIpc) is 4.00. The first-order valence-corrected chi connectivity index (χ1v) is 18.8. The van der Waals surface area contributed by atoms with Gasteiger partial charge in [0.2, 0.25) is 0 Å². The largest absolute Gasteiger partial charge is 0.454 e. The maximum atomic E-state index is 16.1. The molecule has 5 nitrogen and oxygen atoms in total. The lowest BCUT2D eigenvalue weighted by atomic mass is 9.97. The number of furan rings is 2. The van der Waals surface area contributed by atoms with E-state index < -0.39 is 11.7 Å². The van der Waals surface area contributed by atoms with Crippen molar-refractivity contribution in [1.29, 1.82) is 5.26 Å². The van der Waals surface area contributed by atoms with E-state index in [0.29, 0.717) is 66.8 Å². The third-order valence-corrected chi connectivity index (χ3v) is 11.6. The number of benzene rings is 8. The fraction of sp³-hybridized carbons (Fsp3) is 0.0200. The number of alkyl halides is 3. The van der Waals surface area contributed by atoms with Crippen molar-refractivity contribution in [3.8, 4) is 28.6 Å². The van der Waals surface area contributed by atoms with Gasteiger partial charge in [-0.15, -0.1) is 0 Å². The summed E-state index contributed by atoms with van der Waals surface area (Å²) in [4.78, 5) is 0. The van der Waals surface area contributed by atoms with Crippen LogP contribution in [0.1, 0.15) is 11.1 Å². The van der Waals surface area contributed by atoms with E-state index in [1.54, 1.807) is 28.8 Å². The van der Waals surface area contributed by atoms with Crippen molar-refractivity contribution < 1.29 is 22.0 Å².